The average molecular weight is 330 g/mol. The summed E-state index contributed by atoms with van der Waals surface area (Å²) < 4.78 is 0. The van der Waals surface area contributed by atoms with Crippen LogP contribution in [-0.4, -0.2) is 49.4 Å². The van der Waals surface area contributed by atoms with Gasteiger partial charge < -0.3 is 15.1 Å². The minimum Gasteiger partial charge on any atom is -0.331 e. The van der Waals surface area contributed by atoms with Crippen LogP contribution >= 0.6 is 0 Å². The second kappa shape index (κ2) is 7.34. The van der Waals surface area contributed by atoms with E-state index in [0.717, 1.165) is 50.3 Å². The molecule has 1 aromatic carbocycles. The van der Waals surface area contributed by atoms with Gasteiger partial charge in [-0.2, -0.15) is 0 Å². The number of quaternary nitrogens is 1. The molecule has 5 heteroatoms. The Hall–Kier alpha value is -1.88. The van der Waals surface area contributed by atoms with Crippen molar-refractivity contribution in [3.63, 3.8) is 0 Å². The minimum atomic E-state index is 0.0569. The normalized spacial score (nSPS) is 23.8. The fourth-order valence-electron chi connectivity index (χ4n) is 3.49. The van der Waals surface area contributed by atoms with Crippen molar-refractivity contribution < 1.29 is 14.5 Å². The quantitative estimate of drug-likeness (QED) is 0.829. The minimum absolute atomic E-state index is 0.0569. The Labute approximate surface area is 144 Å². The zero-order valence-electron chi connectivity index (χ0n) is 14.7. The van der Waals surface area contributed by atoms with Gasteiger partial charge in [0.25, 0.3) is 5.91 Å². The van der Waals surface area contributed by atoms with Crippen LogP contribution in [0.5, 0.6) is 0 Å². The molecule has 1 heterocycles. The van der Waals surface area contributed by atoms with Gasteiger partial charge in [-0.3, -0.25) is 9.59 Å². The van der Waals surface area contributed by atoms with Gasteiger partial charge in [0, 0.05) is 11.6 Å². The summed E-state index contributed by atoms with van der Waals surface area (Å²) in [7, 11) is 0. The third-order valence-electron chi connectivity index (χ3n) is 5.29. The highest BCUT2D eigenvalue weighted by molar-refractivity contribution is 5.92. The van der Waals surface area contributed by atoms with E-state index < -0.39 is 0 Å². The summed E-state index contributed by atoms with van der Waals surface area (Å²) in [4.78, 5) is 27.8. The van der Waals surface area contributed by atoms with Crippen LogP contribution in [0.15, 0.2) is 24.3 Å². The number of rotatable bonds is 5. The number of anilines is 1. The largest absolute Gasteiger partial charge is 0.331 e. The number of nitrogens with one attached hydrogen (secondary N) is 2. The molecule has 1 saturated heterocycles. The number of aryl methyl sites for hydroxylation is 1. The molecule has 1 aliphatic carbocycles. The van der Waals surface area contributed by atoms with E-state index in [9.17, 15) is 9.59 Å². The van der Waals surface area contributed by atoms with Gasteiger partial charge in [-0.25, -0.2) is 0 Å². The Morgan fingerprint density at radius 3 is 2.54 bits per heavy atom. The maximum absolute atomic E-state index is 12.3. The van der Waals surface area contributed by atoms with Crippen LogP contribution in [0.2, 0.25) is 0 Å². The Morgan fingerprint density at radius 2 is 1.92 bits per heavy atom. The average Bonchev–Trinajstić information content (AvgIpc) is 3.32. The lowest BCUT2D eigenvalue weighted by Crippen LogP contribution is -3.15. The lowest BCUT2D eigenvalue weighted by molar-refractivity contribution is -0.895. The van der Waals surface area contributed by atoms with E-state index in [2.05, 4.69) is 19.2 Å². The third kappa shape index (κ3) is 3.96. The summed E-state index contributed by atoms with van der Waals surface area (Å²) in [5.41, 5.74) is 2.08. The Kier molecular flexibility index (Phi) is 5.19. The molecular weight excluding hydrogens is 302 g/mol. The third-order valence-corrected chi connectivity index (χ3v) is 5.29. The molecule has 0 unspecified atom stereocenters. The van der Waals surface area contributed by atoms with Crippen LogP contribution in [0.3, 0.4) is 0 Å². The van der Waals surface area contributed by atoms with Crippen molar-refractivity contribution in [2.75, 3.05) is 38.0 Å². The number of amides is 2. The molecule has 130 valence electrons. The molecule has 0 spiro atoms. The first-order valence-corrected chi connectivity index (χ1v) is 9.08. The number of carbonyl (C=O) groups is 2. The molecular formula is C19H28N3O2+. The maximum atomic E-state index is 12.3. The van der Waals surface area contributed by atoms with Crippen molar-refractivity contribution >= 4 is 17.5 Å². The standard InChI is InChI=1S/C19H27N3O2/c1-3-15-6-4-5-7-17(15)20-18(23)13-21-8-10-22(11-9-21)19(24)16-12-14(16)2/h4-7,14,16H,3,8-13H2,1-2H3,(H,20,23)/p+1/t14-,16+/m0/s1. The van der Waals surface area contributed by atoms with Gasteiger partial charge in [0.05, 0.1) is 26.2 Å². The predicted octanol–water partition coefficient (Wildman–Crippen LogP) is 0.571. The summed E-state index contributed by atoms with van der Waals surface area (Å²) in [6.07, 6.45) is 1.95. The van der Waals surface area contributed by atoms with Crippen LogP contribution in [0.25, 0.3) is 0 Å². The molecule has 5 nitrogen and oxygen atoms in total. The van der Waals surface area contributed by atoms with Gasteiger partial charge in [-0.1, -0.05) is 32.0 Å². The van der Waals surface area contributed by atoms with Crippen molar-refractivity contribution in [3.8, 4) is 0 Å². The van der Waals surface area contributed by atoms with Crippen molar-refractivity contribution in [3.05, 3.63) is 29.8 Å². The molecule has 1 aliphatic heterocycles. The lowest BCUT2D eigenvalue weighted by Gasteiger charge is -2.32. The summed E-state index contributed by atoms with van der Waals surface area (Å²) in [6.45, 7) is 7.97. The van der Waals surface area contributed by atoms with Gasteiger partial charge >= 0.3 is 0 Å². The lowest BCUT2D eigenvalue weighted by atomic mass is 10.1. The Bertz CT molecular complexity index is 608. The first-order chi connectivity index (χ1) is 11.6. The first-order valence-electron chi connectivity index (χ1n) is 9.08. The van der Waals surface area contributed by atoms with Crippen molar-refractivity contribution in [1.82, 2.24) is 4.90 Å². The molecule has 1 saturated carbocycles. The maximum Gasteiger partial charge on any atom is 0.279 e. The van der Waals surface area contributed by atoms with Crippen molar-refractivity contribution in [2.45, 2.75) is 26.7 Å². The van der Waals surface area contributed by atoms with E-state index >= 15 is 0 Å². The molecule has 1 aromatic rings. The number of para-hydroxylation sites is 1. The number of benzene rings is 1. The fraction of sp³-hybridized carbons (Fsp3) is 0.579. The molecule has 2 amide bonds. The molecule has 0 radical (unpaired) electrons. The highest BCUT2D eigenvalue weighted by atomic mass is 16.2. The van der Waals surface area contributed by atoms with Crippen LogP contribution in [-0.2, 0) is 16.0 Å². The summed E-state index contributed by atoms with van der Waals surface area (Å²) in [5.74, 6) is 1.21. The van der Waals surface area contributed by atoms with E-state index in [-0.39, 0.29) is 11.8 Å². The zero-order valence-corrected chi connectivity index (χ0v) is 14.7. The second-order valence-electron chi connectivity index (χ2n) is 7.13. The SMILES string of the molecule is CCc1ccccc1NC(=O)C[NH+]1CCN(C(=O)[C@@H]2C[C@@H]2C)CC1. The Morgan fingerprint density at radius 1 is 1.25 bits per heavy atom. The van der Waals surface area contributed by atoms with Crippen LogP contribution in [0.4, 0.5) is 5.69 Å². The van der Waals surface area contributed by atoms with E-state index in [1.165, 1.54) is 4.90 Å². The fourth-order valence-corrected chi connectivity index (χ4v) is 3.49. The summed E-state index contributed by atoms with van der Waals surface area (Å²) in [5, 5.41) is 3.04. The van der Waals surface area contributed by atoms with Gasteiger partial charge in [0.1, 0.15) is 0 Å². The van der Waals surface area contributed by atoms with E-state index in [1.807, 2.05) is 29.2 Å². The number of piperazine rings is 1. The van der Waals surface area contributed by atoms with Gasteiger partial charge in [0.2, 0.25) is 5.91 Å². The zero-order chi connectivity index (χ0) is 17.1. The van der Waals surface area contributed by atoms with Gasteiger partial charge in [-0.05, 0) is 30.4 Å². The van der Waals surface area contributed by atoms with Crippen LogP contribution < -0.4 is 10.2 Å². The monoisotopic (exact) mass is 330 g/mol. The van der Waals surface area contributed by atoms with E-state index in [0.29, 0.717) is 18.4 Å². The Balaban J connectivity index is 1.45. The number of hydrogen-bond acceptors (Lipinski definition) is 2. The molecule has 2 aliphatic rings. The predicted molar refractivity (Wildman–Crippen MR) is 93.9 cm³/mol. The van der Waals surface area contributed by atoms with Gasteiger partial charge in [0.15, 0.2) is 6.54 Å². The molecule has 2 N–H and O–H groups in total. The molecule has 24 heavy (non-hydrogen) atoms. The van der Waals surface area contributed by atoms with Crippen molar-refractivity contribution in [2.24, 2.45) is 11.8 Å². The second-order valence-corrected chi connectivity index (χ2v) is 7.13. The number of hydrogen-bond donors (Lipinski definition) is 2. The molecule has 2 atom stereocenters. The van der Waals surface area contributed by atoms with Crippen LogP contribution in [0, 0.1) is 11.8 Å². The molecule has 0 aromatic heterocycles. The number of carbonyl (C=O) groups excluding carboxylic acids is 2. The highest BCUT2D eigenvalue weighted by Crippen LogP contribution is 2.39. The van der Waals surface area contributed by atoms with Crippen molar-refractivity contribution in [1.29, 1.82) is 0 Å². The number of nitrogens with zero attached hydrogens (tertiary/aromatic N) is 1. The smallest absolute Gasteiger partial charge is 0.279 e. The first kappa shape index (κ1) is 17.0. The van der Waals surface area contributed by atoms with E-state index in [1.54, 1.807) is 0 Å². The highest BCUT2D eigenvalue weighted by Gasteiger charge is 2.42. The summed E-state index contributed by atoms with van der Waals surface area (Å²) >= 11 is 0. The topological polar surface area (TPSA) is 53.9 Å². The van der Waals surface area contributed by atoms with Crippen LogP contribution in [0.1, 0.15) is 25.8 Å². The molecule has 2 fully saturated rings. The van der Waals surface area contributed by atoms with E-state index in [4.69, 9.17) is 0 Å². The van der Waals surface area contributed by atoms with Gasteiger partial charge in [-0.15, -0.1) is 0 Å². The molecule has 3 rings (SSSR count). The summed E-state index contributed by atoms with van der Waals surface area (Å²) in [6, 6.07) is 7.95. The molecule has 0 bridgehead atoms.